The van der Waals surface area contributed by atoms with Crippen LogP contribution in [0.5, 0.6) is 0 Å². The van der Waals surface area contributed by atoms with Gasteiger partial charge in [0.25, 0.3) is 0 Å². The van der Waals surface area contributed by atoms with Crippen molar-refractivity contribution in [2.45, 2.75) is 64.1 Å². The number of aliphatic carboxylic acids is 1. The molecule has 0 radical (unpaired) electrons. The average molecular weight is 322 g/mol. The minimum absolute atomic E-state index is 0.0808. The van der Waals surface area contributed by atoms with E-state index in [1.165, 1.54) is 0 Å². The lowest BCUT2D eigenvalue weighted by molar-refractivity contribution is -0.137. The summed E-state index contributed by atoms with van der Waals surface area (Å²) in [5.74, 6) is -1.16. The Morgan fingerprint density at radius 3 is 2.14 bits per heavy atom. The van der Waals surface area contributed by atoms with Crippen LogP contribution in [0.4, 0.5) is 0 Å². The molecule has 2 N–H and O–H groups in total. The lowest BCUT2D eigenvalue weighted by Gasteiger charge is -2.30. The summed E-state index contributed by atoms with van der Waals surface area (Å²) >= 11 is 0. The Bertz CT molecular complexity index is 356. The Balaban J connectivity index is 2.79. The topological polar surface area (TPSA) is 93.1 Å². The van der Waals surface area contributed by atoms with E-state index in [4.69, 9.17) is 9.05 Å². The number of carbonyl (C=O) groups is 1. The Hall–Kier alpha value is -0.420. The Kier molecular flexibility index (Phi) is 7.88. The molecular formula is C14H27O6P. The van der Waals surface area contributed by atoms with Gasteiger partial charge in [0.2, 0.25) is 0 Å². The van der Waals surface area contributed by atoms with Gasteiger partial charge in [-0.05, 0) is 39.0 Å². The van der Waals surface area contributed by atoms with Gasteiger partial charge in [0.1, 0.15) is 0 Å². The van der Waals surface area contributed by atoms with E-state index in [0.29, 0.717) is 0 Å². The largest absolute Gasteiger partial charge is 0.481 e. The fraction of sp³-hybridized carbons (Fsp3) is 0.929. The van der Waals surface area contributed by atoms with Crippen LogP contribution in [0.1, 0.15) is 52.4 Å². The monoisotopic (exact) mass is 322 g/mol. The van der Waals surface area contributed by atoms with Crippen LogP contribution in [0.2, 0.25) is 0 Å². The van der Waals surface area contributed by atoms with Crippen molar-refractivity contribution in [2.24, 2.45) is 5.92 Å². The third kappa shape index (κ3) is 5.37. The molecule has 124 valence electrons. The number of rotatable bonds is 9. The van der Waals surface area contributed by atoms with Crippen LogP contribution in [-0.4, -0.2) is 41.2 Å². The van der Waals surface area contributed by atoms with Gasteiger partial charge in [0.15, 0.2) is 5.66 Å². The summed E-state index contributed by atoms with van der Waals surface area (Å²) in [6.45, 7) is 3.51. The van der Waals surface area contributed by atoms with E-state index < -0.39 is 25.3 Å². The molecule has 0 aromatic heterocycles. The predicted molar refractivity (Wildman–Crippen MR) is 79.5 cm³/mol. The Morgan fingerprint density at radius 2 is 1.71 bits per heavy atom. The summed E-state index contributed by atoms with van der Waals surface area (Å²) in [4.78, 5) is 11.5. The second-order valence-corrected chi connectivity index (χ2v) is 7.65. The zero-order valence-electron chi connectivity index (χ0n) is 12.9. The van der Waals surface area contributed by atoms with Gasteiger partial charge >= 0.3 is 13.6 Å². The smallest absolute Gasteiger partial charge is 0.344 e. The van der Waals surface area contributed by atoms with Gasteiger partial charge in [-0.1, -0.05) is 19.3 Å². The zero-order chi connectivity index (χ0) is 15.9. The number of hydrogen-bond acceptors (Lipinski definition) is 5. The van der Waals surface area contributed by atoms with Crippen molar-refractivity contribution in [3.05, 3.63) is 0 Å². The summed E-state index contributed by atoms with van der Waals surface area (Å²) in [7, 11) is -3.75. The molecular weight excluding hydrogens is 295 g/mol. The first-order valence-corrected chi connectivity index (χ1v) is 9.35. The molecule has 2 atom stereocenters. The van der Waals surface area contributed by atoms with Gasteiger partial charge in [-0.2, -0.15) is 0 Å². The van der Waals surface area contributed by atoms with E-state index in [-0.39, 0.29) is 25.6 Å². The first-order chi connectivity index (χ1) is 9.94. The number of aliphatic hydroxyl groups is 1. The van der Waals surface area contributed by atoms with Crippen LogP contribution in [-0.2, 0) is 18.4 Å². The van der Waals surface area contributed by atoms with Crippen LogP contribution in [0.25, 0.3) is 0 Å². The van der Waals surface area contributed by atoms with Crippen LogP contribution in [0.15, 0.2) is 0 Å². The minimum atomic E-state index is -3.75. The predicted octanol–water partition coefficient (Wildman–Crippen LogP) is 3.04. The van der Waals surface area contributed by atoms with Gasteiger partial charge in [-0.25, -0.2) is 0 Å². The van der Waals surface area contributed by atoms with Gasteiger partial charge < -0.3 is 19.3 Å². The normalized spacial score (nSPS) is 20.1. The molecule has 0 bridgehead atoms. The molecule has 0 aromatic rings. The van der Waals surface area contributed by atoms with Crippen LogP contribution in [0, 0.1) is 5.92 Å². The molecule has 2 unspecified atom stereocenters. The van der Waals surface area contributed by atoms with Crippen molar-refractivity contribution >= 4 is 13.6 Å². The first-order valence-electron chi connectivity index (χ1n) is 7.74. The second kappa shape index (κ2) is 8.89. The molecule has 0 aromatic carbocycles. The quantitative estimate of drug-likeness (QED) is 0.634. The fourth-order valence-electron chi connectivity index (χ4n) is 2.88. The highest BCUT2D eigenvalue weighted by atomic mass is 31.2. The summed E-state index contributed by atoms with van der Waals surface area (Å²) < 4.78 is 22.9. The van der Waals surface area contributed by atoms with Crippen LogP contribution in [0.3, 0.4) is 0 Å². The van der Waals surface area contributed by atoms with E-state index in [2.05, 4.69) is 0 Å². The maximum atomic E-state index is 12.6. The molecule has 7 heteroatoms. The van der Waals surface area contributed by atoms with Gasteiger partial charge in [0, 0.05) is 0 Å². The lowest BCUT2D eigenvalue weighted by Crippen LogP contribution is -2.32. The zero-order valence-corrected chi connectivity index (χ0v) is 13.8. The molecule has 21 heavy (non-hydrogen) atoms. The maximum absolute atomic E-state index is 12.6. The molecule has 1 aliphatic rings. The van der Waals surface area contributed by atoms with Crippen molar-refractivity contribution in [1.29, 1.82) is 0 Å². The summed E-state index contributed by atoms with van der Waals surface area (Å²) in [6.07, 6.45) is 4.17. The Labute approximate surface area is 126 Å². The third-order valence-corrected chi connectivity index (χ3v) is 6.37. The van der Waals surface area contributed by atoms with Crippen molar-refractivity contribution in [3.63, 3.8) is 0 Å². The molecule has 0 aliphatic heterocycles. The highest BCUT2D eigenvalue weighted by molar-refractivity contribution is 7.55. The van der Waals surface area contributed by atoms with Crippen molar-refractivity contribution in [2.75, 3.05) is 13.2 Å². The maximum Gasteiger partial charge on any atom is 0.344 e. The molecule has 1 aliphatic carbocycles. The molecule has 1 rings (SSSR count). The van der Waals surface area contributed by atoms with Gasteiger partial charge in [-0.15, -0.1) is 0 Å². The molecule has 0 heterocycles. The van der Waals surface area contributed by atoms with Crippen molar-refractivity contribution in [3.8, 4) is 0 Å². The summed E-state index contributed by atoms with van der Waals surface area (Å²) in [5, 5.41) is 19.7. The number of hydrogen-bond donors (Lipinski definition) is 2. The first kappa shape index (κ1) is 18.6. The van der Waals surface area contributed by atoms with Crippen molar-refractivity contribution in [1.82, 2.24) is 0 Å². The third-order valence-electron chi connectivity index (χ3n) is 3.94. The van der Waals surface area contributed by atoms with Crippen LogP contribution < -0.4 is 0 Å². The van der Waals surface area contributed by atoms with E-state index >= 15 is 0 Å². The number of carboxylic acids is 1. The minimum Gasteiger partial charge on any atom is -0.481 e. The SMILES string of the molecule is CCOP(=O)(OCC)C(CC(O)C1CCCCC1)C(=O)O. The van der Waals surface area contributed by atoms with Crippen LogP contribution >= 0.6 is 7.60 Å². The van der Waals surface area contributed by atoms with E-state index in [1.807, 2.05) is 0 Å². The molecule has 0 spiro atoms. The van der Waals surface area contributed by atoms with E-state index in [9.17, 15) is 19.6 Å². The second-order valence-electron chi connectivity index (χ2n) is 5.43. The standard InChI is InChI=1S/C14H27O6P/c1-3-19-21(18,20-4-2)13(14(16)17)10-12(15)11-8-6-5-7-9-11/h11-13,15H,3-10H2,1-2H3,(H,16,17). The molecule has 1 saturated carbocycles. The summed E-state index contributed by atoms with van der Waals surface area (Å²) in [6, 6.07) is 0. The highest BCUT2D eigenvalue weighted by Crippen LogP contribution is 2.55. The van der Waals surface area contributed by atoms with E-state index in [0.717, 1.165) is 32.1 Å². The van der Waals surface area contributed by atoms with Gasteiger partial charge in [-0.3, -0.25) is 9.36 Å². The van der Waals surface area contributed by atoms with Gasteiger partial charge in [0.05, 0.1) is 19.3 Å². The summed E-state index contributed by atoms with van der Waals surface area (Å²) in [5.41, 5.74) is -1.31. The molecule has 6 nitrogen and oxygen atoms in total. The average Bonchev–Trinajstić information content (AvgIpc) is 2.45. The number of carboxylic acid groups (broad SMARTS) is 1. The molecule has 1 fully saturated rings. The van der Waals surface area contributed by atoms with E-state index in [1.54, 1.807) is 13.8 Å². The fourth-order valence-corrected chi connectivity index (χ4v) is 4.78. The lowest BCUT2D eigenvalue weighted by atomic mass is 9.84. The molecule has 0 amide bonds. The number of aliphatic hydroxyl groups excluding tert-OH is 1. The Morgan fingerprint density at radius 1 is 1.19 bits per heavy atom. The molecule has 0 saturated heterocycles. The van der Waals surface area contributed by atoms with Crippen molar-refractivity contribution < 1.29 is 28.6 Å². The highest BCUT2D eigenvalue weighted by Gasteiger charge is 2.43.